The molecule has 0 atom stereocenters. The molecule has 2 amide bonds. The van der Waals surface area contributed by atoms with Gasteiger partial charge >= 0.3 is 0 Å². The largest absolute Gasteiger partial charge is 0.342 e. The van der Waals surface area contributed by atoms with E-state index in [0.29, 0.717) is 31.1 Å². The van der Waals surface area contributed by atoms with Crippen LogP contribution in [0.5, 0.6) is 0 Å². The molecule has 1 fully saturated rings. The molecule has 0 bridgehead atoms. The van der Waals surface area contributed by atoms with Crippen LogP contribution in [0.4, 0.5) is 5.13 Å². The van der Waals surface area contributed by atoms with Crippen molar-refractivity contribution in [3.8, 4) is 0 Å². The van der Waals surface area contributed by atoms with Crippen molar-refractivity contribution < 1.29 is 9.59 Å². The topological polar surface area (TPSA) is 62.3 Å². The van der Waals surface area contributed by atoms with Crippen LogP contribution in [0, 0.1) is 18.8 Å². The zero-order valence-electron chi connectivity index (χ0n) is 14.3. The smallest absolute Gasteiger partial charge is 0.229 e. The molecule has 0 spiro atoms. The third kappa shape index (κ3) is 3.59. The van der Waals surface area contributed by atoms with Gasteiger partial charge in [-0.2, -0.15) is 0 Å². The number of anilines is 1. The Morgan fingerprint density at radius 3 is 2.67 bits per heavy atom. The third-order valence-electron chi connectivity index (χ3n) is 4.45. The highest BCUT2D eigenvalue weighted by Crippen LogP contribution is 2.28. The van der Waals surface area contributed by atoms with Gasteiger partial charge in [-0.25, -0.2) is 4.98 Å². The fraction of sp³-hybridized carbons (Fsp3) is 0.500. The zero-order valence-corrected chi connectivity index (χ0v) is 15.2. The normalized spacial score (nSPS) is 15.9. The first-order valence-corrected chi connectivity index (χ1v) is 9.22. The number of piperidine rings is 1. The quantitative estimate of drug-likeness (QED) is 0.927. The first-order valence-electron chi connectivity index (χ1n) is 8.41. The summed E-state index contributed by atoms with van der Waals surface area (Å²) >= 11 is 1.51. The predicted molar refractivity (Wildman–Crippen MR) is 97.1 cm³/mol. The van der Waals surface area contributed by atoms with Gasteiger partial charge in [0, 0.05) is 24.9 Å². The summed E-state index contributed by atoms with van der Waals surface area (Å²) < 4.78 is 1.09. The fourth-order valence-corrected chi connectivity index (χ4v) is 3.99. The number of fused-ring (bicyclic) bond motifs is 1. The van der Waals surface area contributed by atoms with Gasteiger partial charge in [0.25, 0.3) is 0 Å². The van der Waals surface area contributed by atoms with Gasteiger partial charge in [-0.15, -0.1) is 0 Å². The van der Waals surface area contributed by atoms with Crippen molar-refractivity contribution in [2.24, 2.45) is 11.8 Å². The van der Waals surface area contributed by atoms with Crippen molar-refractivity contribution in [1.29, 1.82) is 0 Å². The third-order valence-corrected chi connectivity index (χ3v) is 5.38. The van der Waals surface area contributed by atoms with Crippen LogP contribution in [-0.4, -0.2) is 34.8 Å². The van der Waals surface area contributed by atoms with E-state index in [1.165, 1.54) is 16.9 Å². The van der Waals surface area contributed by atoms with Crippen molar-refractivity contribution in [2.75, 3.05) is 18.4 Å². The number of nitrogens with zero attached hydrogens (tertiary/aromatic N) is 2. The minimum Gasteiger partial charge on any atom is -0.342 e. The van der Waals surface area contributed by atoms with Gasteiger partial charge in [-0.3, -0.25) is 9.59 Å². The van der Waals surface area contributed by atoms with E-state index in [2.05, 4.69) is 16.4 Å². The Morgan fingerprint density at radius 1 is 1.29 bits per heavy atom. The maximum atomic E-state index is 12.5. The minimum absolute atomic E-state index is 0.0154. The molecule has 5 nitrogen and oxygen atoms in total. The van der Waals surface area contributed by atoms with Crippen LogP contribution in [0.3, 0.4) is 0 Å². The van der Waals surface area contributed by atoms with Crippen LogP contribution in [0.1, 0.15) is 32.3 Å². The summed E-state index contributed by atoms with van der Waals surface area (Å²) in [5, 5.41) is 3.61. The lowest BCUT2D eigenvalue weighted by Crippen LogP contribution is -2.43. The highest BCUT2D eigenvalue weighted by Gasteiger charge is 2.28. The number of thiazole rings is 1. The first-order chi connectivity index (χ1) is 11.4. The van der Waals surface area contributed by atoms with Gasteiger partial charge < -0.3 is 10.2 Å². The summed E-state index contributed by atoms with van der Waals surface area (Å²) in [6.45, 7) is 7.19. The lowest BCUT2D eigenvalue weighted by Gasteiger charge is -2.32. The summed E-state index contributed by atoms with van der Waals surface area (Å²) in [6.07, 6.45) is 1.43. The molecule has 6 heteroatoms. The Kier molecular flexibility index (Phi) is 4.85. The number of aryl methyl sites for hydroxylation is 1. The lowest BCUT2D eigenvalue weighted by molar-refractivity contribution is -0.137. The summed E-state index contributed by atoms with van der Waals surface area (Å²) in [5.41, 5.74) is 2.10. The Hall–Kier alpha value is -1.95. The second-order valence-corrected chi connectivity index (χ2v) is 7.76. The molecular formula is C18H23N3O2S. The minimum atomic E-state index is -0.0463. The van der Waals surface area contributed by atoms with Crippen molar-refractivity contribution in [3.63, 3.8) is 0 Å². The molecule has 0 saturated carbocycles. The monoisotopic (exact) mass is 345 g/mol. The molecular weight excluding hydrogens is 322 g/mol. The van der Waals surface area contributed by atoms with E-state index in [4.69, 9.17) is 0 Å². The van der Waals surface area contributed by atoms with Crippen LogP contribution < -0.4 is 5.32 Å². The highest BCUT2D eigenvalue weighted by molar-refractivity contribution is 7.22. The molecule has 1 aromatic heterocycles. The summed E-state index contributed by atoms with van der Waals surface area (Å²) in [6, 6.07) is 6.08. The van der Waals surface area contributed by atoms with Gasteiger partial charge in [-0.1, -0.05) is 31.3 Å². The Bertz CT molecular complexity index is 761. The number of nitrogens with one attached hydrogen (secondary N) is 1. The summed E-state index contributed by atoms with van der Waals surface area (Å²) in [7, 11) is 0. The number of rotatable bonds is 3. The first kappa shape index (κ1) is 16.9. The average Bonchev–Trinajstić information content (AvgIpc) is 2.95. The van der Waals surface area contributed by atoms with Crippen LogP contribution in [0.25, 0.3) is 10.2 Å². The van der Waals surface area contributed by atoms with Crippen LogP contribution in [0.15, 0.2) is 18.2 Å². The lowest BCUT2D eigenvalue weighted by atomic mass is 9.95. The molecule has 1 N–H and O–H groups in total. The molecule has 3 rings (SSSR count). The maximum absolute atomic E-state index is 12.5. The SMILES string of the molecule is Cc1ccc2nc(NC(=O)C3CCN(C(=O)C(C)C)CC3)sc2c1. The van der Waals surface area contributed by atoms with E-state index in [1.54, 1.807) is 0 Å². The van der Waals surface area contributed by atoms with Gasteiger partial charge in [-0.05, 0) is 37.5 Å². The predicted octanol–water partition coefficient (Wildman–Crippen LogP) is 3.44. The zero-order chi connectivity index (χ0) is 17.3. The van der Waals surface area contributed by atoms with Crippen molar-refractivity contribution in [3.05, 3.63) is 23.8 Å². The van der Waals surface area contributed by atoms with Gasteiger partial charge in [0.05, 0.1) is 10.2 Å². The number of likely N-dealkylation sites (tertiary alicyclic amines) is 1. The van der Waals surface area contributed by atoms with E-state index >= 15 is 0 Å². The molecule has 1 aliphatic heterocycles. The van der Waals surface area contributed by atoms with E-state index in [1.807, 2.05) is 37.8 Å². The Balaban J connectivity index is 1.60. The number of hydrogen-bond donors (Lipinski definition) is 1. The van der Waals surface area contributed by atoms with E-state index in [0.717, 1.165) is 10.2 Å². The van der Waals surface area contributed by atoms with Crippen LogP contribution in [-0.2, 0) is 9.59 Å². The Labute approximate surface area is 146 Å². The number of carbonyl (C=O) groups is 2. The highest BCUT2D eigenvalue weighted by atomic mass is 32.1. The maximum Gasteiger partial charge on any atom is 0.229 e. The van der Waals surface area contributed by atoms with Gasteiger partial charge in [0.2, 0.25) is 11.8 Å². The van der Waals surface area contributed by atoms with E-state index in [9.17, 15) is 9.59 Å². The number of hydrogen-bond acceptors (Lipinski definition) is 4. The second kappa shape index (κ2) is 6.89. The van der Waals surface area contributed by atoms with Crippen molar-refractivity contribution in [1.82, 2.24) is 9.88 Å². The average molecular weight is 345 g/mol. The van der Waals surface area contributed by atoms with Crippen LogP contribution in [0.2, 0.25) is 0 Å². The molecule has 2 heterocycles. The van der Waals surface area contributed by atoms with E-state index in [-0.39, 0.29) is 23.7 Å². The molecule has 1 aliphatic rings. The van der Waals surface area contributed by atoms with E-state index < -0.39 is 0 Å². The standard InChI is InChI=1S/C18H23N3O2S/c1-11(2)17(23)21-8-6-13(7-9-21)16(22)20-18-19-14-5-4-12(3)10-15(14)24-18/h4-5,10-11,13H,6-9H2,1-3H3,(H,19,20,22). The number of benzene rings is 1. The van der Waals surface area contributed by atoms with Gasteiger partial charge in [0.15, 0.2) is 5.13 Å². The molecule has 2 aromatic rings. The van der Waals surface area contributed by atoms with Gasteiger partial charge in [0.1, 0.15) is 0 Å². The molecule has 0 unspecified atom stereocenters. The summed E-state index contributed by atoms with van der Waals surface area (Å²) in [5.74, 6) is 0.161. The second-order valence-electron chi connectivity index (χ2n) is 6.73. The molecule has 1 aromatic carbocycles. The molecule has 0 aliphatic carbocycles. The van der Waals surface area contributed by atoms with Crippen molar-refractivity contribution >= 4 is 38.5 Å². The number of amides is 2. The Morgan fingerprint density at radius 2 is 2.00 bits per heavy atom. The van der Waals surface area contributed by atoms with Crippen LogP contribution >= 0.6 is 11.3 Å². The molecule has 0 radical (unpaired) electrons. The number of carbonyl (C=O) groups excluding carboxylic acids is 2. The fourth-order valence-electron chi connectivity index (χ4n) is 3.02. The van der Waals surface area contributed by atoms with Crippen molar-refractivity contribution in [2.45, 2.75) is 33.6 Å². The molecule has 128 valence electrons. The summed E-state index contributed by atoms with van der Waals surface area (Å²) in [4.78, 5) is 30.8. The molecule has 1 saturated heterocycles. The number of aromatic nitrogens is 1. The molecule has 24 heavy (non-hydrogen) atoms.